The minimum Gasteiger partial charge on any atom is -0.379 e. The summed E-state index contributed by atoms with van der Waals surface area (Å²) in [5.41, 5.74) is -0.0133. The molecule has 1 N–H and O–H groups in total. The van der Waals surface area contributed by atoms with Crippen LogP contribution >= 0.6 is 0 Å². The van der Waals surface area contributed by atoms with E-state index in [2.05, 4.69) is 12.2 Å². The van der Waals surface area contributed by atoms with Gasteiger partial charge in [-0.15, -0.1) is 0 Å². The molecule has 2 aliphatic heterocycles. The summed E-state index contributed by atoms with van der Waals surface area (Å²) in [6.45, 7) is 5.23. The van der Waals surface area contributed by atoms with Gasteiger partial charge in [0, 0.05) is 19.7 Å². The number of nitrogens with zero attached hydrogens (tertiary/aromatic N) is 1. The first kappa shape index (κ1) is 8.81. The van der Waals surface area contributed by atoms with E-state index in [-0.39, 0.29) is 11.6 Å². The van der Waals surface area contributed by atoms with Crippen LogP contribution in [0.2, 0.25) is 0 Å². The lowest BCUT2D eigenvalue weighted by Crippen LogP contribution is -2.50. The van der Waals surface area contributed by atoms with Gasteiger partial charge in [-0.05, 0) is 12.8 Å². The molecule has 2 rings (SSSR count). The highest BCUT2D eigenvalue weighted by Crippen LogP contribution is 2.30. The Morgan fingerprint density at radius 1 is 1.69 bits per heavy atom. The van der Waals surface area contributed by atoms with Gasteiger partial charge in [0.2, 0.25) is 0 Å². The number of amides is 2. The number of hydrogen-bond donors (Lipinski definition) is 1. The maximum Gasteiger partial charge on any atom is 0.318 e. The van der Waals surface area contributed by atoms with Crippen molar-refractivity contribution in [1.82, 2.24) is 10.2 Å². The van der Waals surface area contributed by atoms with Gasteiger partial charge < -0.3 is 15.0 Å². The zero-order valence-electron chi connectivity index (χ0n) is 8.01. The van der Waals surface area contributed by atoms with Gasteiger partial charge in [0.1, 0.15) is 0 Å². The van der Waals surface area contributed by atoms with Crippen LogP contribution in [0.15, 0.2) is 0 Å². The Morgan fingerprint density at radius 2 is 2.54 bits per heavy atom. The van der Waals surface area contributed by atoms with E-state index >= 15 is 0 Å². The van der Waals surface area contributed by atoms with Crippen molar-refractivity contribution in [1.29, 1.82) is 0 Å². The van der Waals surface area contributed by atoms with Crippen molar-refractivity contribution in [2.24, 2.45) is 0 Å². The highest BCUT2D eigenvalue weighted by Gasteiger charge is 2.43. The monoisotopic (exact) mass is 184 g/mol. The number of urea groups is 1. The average Bonchev–Trinajstić information content (AvgIpc) is 2.73. The van der Waals surface area contributed by atoms with E-state index in [9.17, 15) is 4.79 Å². The Labute approximate surface area is 78.2 Å². The van der Waals surface area contributed by atoms with Crippen LogP contribution in [0.5, 0.6) is 0 Å². The normalized spacial score (nSPS) is 33.9. The summed E-state index contributed by atoms with van der Waals surface area (Å²) in [6, 6.07) is 0.0763. The molecule has 2 amide bonds. The van der Waals surface area contributed by atoms with Crippen molar-refractivity contribution in [2.45, 2.75) is 25.3 Å². The van der Waals surface area contributed by atoms with Crippen LogP contribution in [-0.2, 0) is 4.74 Å². The third-order valence-corrected chi connectivity index (χ3v) is 3.17. The van der Waals surface area contributed by atoms with Gasteiger partial charge in [-0.2, -0.15) is 0 Å². The smallest absolute Gasteiger partial charge is 0.318 e. The molecule has 0 saturated carbocycles. The molecule has 1 atom stereocenters. The SMILES string of the molecule is CCC1(N2CCNC2=O)CCOC1. The zero-order chi connectivity index (χ0) is 9.31. The molecular formula is C9H16N2O2. The maximum absolute atomic E-state index is 11.5. The first-order valence-electron chi connectivity index (χ1n) is 4.92. The lowest BCUT2D eigenvalue weighted by Gasteiger charge is -2.35. The molecule has 2 fully saturated rings. The first-order chi connectivity index (χ1) is 6.28. The maximum atomic E-state index is 11.5. The fourth-order valence-electron chi connectivity index (χ4n) is 2.20. The van der Waals surface area contributed by atoms with Crippen molar-refractivity contribution in [2.75, 3.05) is 26.3 Å². The molecule has 0 aromatic rings. The second-order valence-electron chi connectivity index (χ2n) is 3.76. The van der Waals surface area contributed by atoms with Crippen molar-refractivity contribution >= 4 is 6.03 Å². The Bertz CT molecular complexity index is 212. The third kappa shape index (κ3) is 1.29. The molecule has 0 aromatic heterocycles. The number of nitrogens with one attached hydrogen (secondary N) is 1. The van der Waals surface area contributed by atoms with Crippen LogP contribution in [0.25, 0.3) is 0 Å². The van der Waals surface area contributed by atoms with Crippen LogP contribution in [0.3, 0.4) is 0 Å². The van der Waals surface area contributed by atoms with Crippen LogP contribution in [-0.4, -0.2) is 42.8 Å². The van der Waals surface area contributed by atoms with Crippen LogP contribution in [0.1, 0.15) is 19.8 Å². The van der Waals surface area contributed by atoms with E-state index in [4.69, 9.17) is 4.74 Å². The Morgan fingerprint density at radius 3 is 3.00 bits per heavy atom. The van der Waals surface area contributed by atoms with Crippen LogP contribution in [0, 0.1) is 0 Å². The number of carbonyl (C=O) groups is 1. The highest BCUT2D eigenvalue weighted by atomic mass is 16.5. The van der Waals surface area contributed by atoms with Crippen molar-refractivity contribution in [3.63, 3.8) is 0 Å². The Kier molecular flexibility index (Phi) is 2.15. The number of ether oxygens (including phenoxy) is 1. The van der Waals surface area contributed by atoms with E-state index in [1.807, 2.05) is 4.90 Å². The lowest BCUT2D eigenvalue weighted by molar-refractivity contribution is 0.101. The molecule has 0 spiro atoms. The molecule has 0 radical (unpaired) electrons. The first-order valence-corrected chi connectivity index (χ1v) is 4.92. The van der Waals surface area contributed by atoms with Crippen molar-refractivity contribution in [3.05, 3.63) is 0 Å². The number of carbonyl (C=O) groups excluding carboxylic acids is 1. The van der Waals surface area contributed by atoms with E-state index in [0.717, 1.165) is 32.5 Å². The minimum atomic E-state index is -0.0133. The predicted octanol–water partition coefficient (Wildman–Crippen LogP) is 0.581. The molecule has 74 valence electrons. The summed E-state index contributed by atoms with van der Waals surface area (Å²) in [5.74, 6) is 0. The summed E-state index contributed by atoms with van der Waals surface area (Å²) in [7, 11) is 0. The molecule has 2 heterocycles. The summed E-state index contributed by atoms with van der Waals surface area (Å²) in [5, 5.41) is 2.84. The van der Waals surface area contributed by atoms with E-state index in [0.29, 0.717) is 6.61 Å². The van der Waals surface area contributed by atoms with E-state index < -0.39 is 0 Å². The van der Waals surface area contributed by atoms with Gasteiger partial charge in [-0.1, -0.05) is 6.92 Å². The van der Waals surface area contributed by atoms with Crippen LogP contribution in [0.4, 0.5) is 4.79 Å². The predicted molar refractivity (Wildman–Crippen MR) is 48.6 cm³/mol. The minimum absolute atomic E-state index is 0.0133. The summed E-state index contributed by atoms with van der Waals surface area (Å²) < 4.78 is 5.39. The lowest BCUT2D eigenvalue weighted by atomic mass is 9.93. The number of rotatable bonds is 2. The topological polar surface area (TPSA) is 41.6 Å². The fourth-order valence-corrected chi connectivity index (χ4v) is 2.20. The van der Waals surface area contributed by atoms with E-state index in [1.165, 1.54) is 0 Å². The van der Waals surface area contributed by atoms with Gasteiger partial charge in [0.05, 0.1) is 12.1 Å². The van der Waals surface area contributed by atoms with Gasteiger partial charge in [0.25, 0.3) is 0 Å². The van der Waals surface area contributed by atoms with Crippen molar-refractivity contribution in [3.8, 4) is 0 Å². The standard InChI is InChI=1S/C9H16N2O2/c1-2-9(3-6-13-7-9)11-5-4-10-8(11)12/h2-7H2,1H3,(H,10,12). The van der Waals surface area contributed by atoms with Crippen LogP contribution < -0.4 is 5.32 Å². The molecule has 1 unspecified atom stereocenters. The second-order valence-corrected chi connectivity index (χ2v) is 3.76. The summed E-state index contributed by atoms with van der Waals surface area (Å²) in [6.07, 6.45) is 1.97. The zero-order valence-corrected chi connectivity index (χ0v) is 8.01. The Hall–Kier alpha value is -0.770. The fraction of sp³-hybridized carbons (Fsp3) is 0.889. The second kappa shape index (κ2) is 3.18. The molecule has 4 nitrogen and oxygen atoms in total. The molecule has 0 aromatic carbocycles. The Balaban J connectivity index is 2.15. The summed E-state index contributed by atoms with van der Waals surface area (Å²) in [4.78, 5) is 13.4. The molecule has 2 saturated heterocycles. The van der Waals surface area contributed by atoms with Gasteiger partial charge in [-0.3, -0.25) is 0 Å². The quantitative estimate of drug-likeness (QED) is 0.682. The number of hydrogen-bond acceptors (Lipinski definition) is 2. The molecule has 2 aliphatic rings. The third-order valence-electron chi connectivity index (χ3n) is 3.17. The molecule has 0 aliphatic carbocycles. The van der Waals surface area contributed by atoms with Gasteiger partial charge in [-0.25, -0.2) is 4.79 Å². The van der Waals surface area contributed by atoms with Crippen molar-refractivity contribution < 1.29 is 9.53 Å². The molecular weight excluding hydrogens is 168 g/mol. The van der Waals surface area contributed by atoms with Gasteiger partial charge in [0.15, 0.2) is 0 Å². The largest absolute Gasteiger partial charge is 0.379 e. The van der Waals surface area contributed by atoms with Gasteiger partial charge >= 0.3 is 6.03 Å². The molecule has 4 heteroatoms. The molecule has 0 bridgehead atoms. The summed E-state index contributed by atoms with van der Waals surface area (Å²) >= 11 is 0. The average molecular weight is 184 g/mol. The highest BCUT2D eigenvalue weighted by molar-refractivity contribution is 5.77. The van der Waals surface area contributed by atoms with E-state index in [1.54, 1.807) is 0 Å². The molecule has 13 heavy (non-hydrogen) atoms.